The zero-order valence-corrected chi connectivity index (χ0v) is 16.4. The first-order valence-corrected chi connectivity index (χ1v) is 9.39. The summed E-state index contributed by atoms with van der Waals surface area (Å²) in [5, 5.41) is 14.2. The van der Waals surface area contributed by atoms with Crippen molar-refractivity contribution in [1.82, 2.24) is 30.4 Å². The average Bonchev–Trinajstić information content (AvgIpc) is 3.16. The van der Waals surface area contributed by atoms with Crippen molar-refractivity contribution >= 4 is 12.0 Å². The Balaban J connectivity index is 1.63. The van der Waals surface area contributed by atoms with Gasteiger partial charge in [0.25, 0.3) is 5.91 Å². The molecule has 1 aromatic carbocycles. The highest BCUT2D eigenvalue weighted by molar-refractivity contribution is 5.83. The maximum atomic E-state index is 13.2. The number of aromatic nitrogens is 4. The van der Waals surface area contributed by atoms with Crippen LogP contribution >= 0.6 is 0 Å². The standard InChI is InChI=1S/C19H26N6O3/c1-19(2,3)28-18(27)21-15-9-11-24(12-10-15)17(26)16(25-13-20-22-23-25)14-7-5-4-6-8-14/h4-8,13,15-16H,9-12H2,1-3H3,(H,21,27)/t16-/m1/s1. The molecule has 1 N–H and O–H groups in total. The molecule has 0 spiro atoms. The van der Waals surface area contributed by atoms with Gasteiger partial charge in [-0.15, -0.1) is 5.10 Å². The van der Waals surface area contributed by atoms with E-state index in [0.29, 0.717) is 25.9 Å². The molecule has 9 nitrogen and oxygen atoms in total. The Morgan fingerprint density at radius 1 is 1.18 bits per heavy atom. The van der Waals surface area contributed by atoms with E-state index in [0.717, 1.165) is 5.56 Å². The summed E-state index contributed by atoms with van der Waals surface area (Å²) in [5.41, 5.74) is 0.295. The quantitative estimate of drug-likeness (QED) is 0.859. The Morgan fingerprint density at radius 3 is 2.43 bits per heavy atom. The Bertz CT molecular complexity index is 780. The van der Waals surface area contributed by atoms with Gasteiger partial charge in [0, 0.05) is 19.1 Å². The predicted molar refractivity (Wildman–Crippen MR) is 101 cm³/mol. The number of likely N-dealkylation sites (tertiary alicyclic amines) is 1. The smallest absolute Gasteiger partial charge is 0.407 e. The number of ether oxygens (including phenoxy) is 1. The highest BCUT2D eigenvalue weighted by Gasteiger charge is 2.32. The number of benzene rings is 1. The number of carbonyl (C=O) groups excluding carboxylic acids is 2. The van der Waals surface area contributed by atoms with Gasteiger partial charge in [0.15, 0.2) is 6.04 Å². The maximum Gasteiger partial charge on any atom is 0.407 e. The van der Waals surface area contributed by atoms with Gasteiger partial charge in [-0.1, -0.05) is 30.3 Å². The summed E-state index contributed by atoms with van der Waals surface area (Å²) >= 11 is 0. The van der Waals surface area contributed by atoms with Crippen LogP contribution in [0.25, 0.3) is 0 Å². The number of nitrogens with one attached hydrogen (secondary N) is 1. The van der Waals surface area contributed by atoms with Crippen LogP contribution < -0.4 is 5.32 Å². The first-order valence-electron chi connectivity index (χ1n) is 9.39. The molecule has 3 rings (SSSR count). The molecule has 1 aliphatic rings. The number of tetrazole rings is 1. The fourth-order valence-corrected chi connectivity index (χ4v) is 3.22. The van der Waals surface area contributed by atoms with E-state index in [9.17, 15) is 9.59 Å². The molecule has 0 radical (unpaired) electrons. The lowest BCUT2D eigenvalue weighted by molar-refractivity contribution is -0.135. The van der Waals surface area contributed by atoms with Crippen LogP contribution in [0.3, 0.4) is 0 Å². The lowest BCUT2D eigenvalue weighted by atomic mass is 10.0. The van der Waals surface area contributed by atoms with Crippen LogP contribution in [-0.4, -0.2) is 61.8 Å². The van der Waals surface area contributed by atoms with Gasteiger partial charge in [-0.25, -0.2) is 9.48 Å². The number of carbonyl (C=O) groups is 2. The summed E-state index contributed by atoms with van der Waals surface area (Å²) in [7, 11) is 0. The van der Waals surface area contributed by atoms with Crippen LogP contribution in [0.5, 0.6) is 0 Å². The highest BCUT2D eigenvalue weighted by atomic mass is 16.6. The Morgan fingerprint density at radius 2 is 1.86 bits per heavy atom. The van der Waals surface area contributed by atoms with Crippen LogP contribution in [0.1, 0.15) is 45.2 Å². The van der Waals surface area contributed by atoms with Gasteiger partial charge in [0.2, 0.25) is 0 Å². The van der Waals surface area contributed by atoms with Crippen LogP contribution in [-0.2, 0) is 9.53 Å². The van der Waals surface area contributed by atoms with Gasteiger partial charge >= 0.3 is 6.09 Å². The number of piperidine rings is 1. The number of nitrogens with zero attached hydrogens (tertiary/aromatic N) is 5. The van der Waals surface area contributed by atoms with Gasteiger partial charge < -0.3 is 15.0 Å². The van der Waals surface area contributed by atoms with E-state index in [1.165, 1.54) is 11.0 Å². The fourth-order valence-electron chi connectivity index (χ4n) is 3.22. The second-order valence-electron chi connectivity index (χ2n) is 7.85. The fraction of sp³-hybridized carbons (Fsp3) is 0.526. The molecule has 2 heterocycles. The van der Waals surface area contributed by atoms with Crippen LogP contribution in [0.2, 0.25) is 0 Å². The minimum absolute atomic E-state index is 0.0119. The lowest BCUT2D eigenvalue weighted by Gasteiger charge is -2.34. The van der Waals surface area contributed by atoms with Crippen molar-refractivity contribution in [2.75, 3.05) is 13.1 Å². The third-order valence-corrected chi connectivity index (χ3v) is 4.51. The zero-order chi connectivity index (χ0) is 20.1. The number of alkyl carbamates (subject to hydrolysis) is 1. The number of hydrogen-bond acceptors (Lipinski definition) is 6. The molecule has 2 amide bonds. The average molecular weight is 386 g/mol. The molecular weight excluding hydrogens is 360 g/mol. The summed E-state index contributed by atoms with van der Waals surface area (Å²) < 4.78 is 6.78. The molecule has 1 aromatic heterocycles. The molecule has 28 heavy (non-hydrogen) atoms. The minimum Gasteiger partial charge on any atom is -0.444 e. The second kappa shape index (κ2) is 8.37. The van der Waals surface area contributed by atoms with Crippen molar-refractivity contribution in [1.29, 1.82) is 0 Å². The van der Waals surface area contributed by atoms with Gasteiger partial charge in [-0.05, 0) is 49.6 Å². The second-order valence-corrected chi connectivity index (χ2v) is 7.85. The summed E-state index contributed by atoms with van der Waals surface area (Å²) in [5.74, 6) is -0.0609. The topological polar surface area (TPSA) is 102 Å². The Hall–Kier alpha value is -2.97. The lowest BCUT2D eigenvalue weighted by Crippen LogP contribution is -2.49. The summed E-state index contributed by atoms with van der Waals surface area (Å²) in [6.07, 6.45) is 2.37. The Labute approximate surface area is 164 Å². The minimum atomic E-state index is -0.605. The van der Waals surface area contributed by atoms with E-state index in [2.05, 4.69) is 20.8 Å². The van der Waals surface area contributed by atoms with Crippen LogP contribution in [0.15, 0.2) is 36.7 Å². The monoisotopic (exact) mass is 386 g/mol. The number of amides is 2. The molecule has 150 valence electrons. The van der Waals surface area contributed by atoms with Gasteiger partial charge in [0.05, 0.1) is 0 Å². The summed E-state index contributed by atoms with van der Waals surface area (Å²) in [6, 6.07) is 8.84. The van der Waals surface area contributed by atoms with Gasteiger partial charge in [0.1, 0.15) is 11.9 Å². The third-order valence-electron chi connectivity index (χ3n) is 4.51. The van der Waals surface area contributed by atoms with Crippen LogP contribution in [0.4, 0.5) is 4.79 Å². The Kier molecular flexibility index (Phi) is 5.91. The summed E-state index contributed by atoms with van der Waals surface area (Å²) in [6.45, 7) is 6.58. The van der Waals surface area contributed by atoms with E-state index >= 15 is 0 Å². The van der Waals surface area contributed by atoms with Crippen molar-refractivity contribution in [3.63, 3.8) is 0 Å². The molecule has 0 aliphatic carbocycles. The SMILES string of the molecule is CC(C)(C)OC(=O)NC1CCN(C(=O)[C@@H](c2ccccc2)n2cnnn2)CC1. The number of rotatable bonds is 4. The van der Waals surface area contributed by atoms with E-state index in [1.807, 2.05) is 51.1 Å². The molecule has 2 aromatic rings. The van der Waals surface area contributed by atoms with Crippen molar-refractivity contribution in [3.8, 4) is 0 Å². The van der Waals surface area contributed by atoms with Crippen molar-refractivity contribution < 1.29 is 14.3 Å². The predicted octanol–water partition coefficient (Wildman–Crippen LogP) is 1.78. The first kappa shape index (κ1) is 19.8. The van der Waals surface area contributed by atoms with E-state index in [-0.39, 0.29) is 11.9 Å². The number of hydrogen-bond donors (Lipinski definition) is 1. The first-order chi connectivity index (χ1) is 13.3. The molecular formula is C19H26N6O3. The molecule has 0 saturated carbocycles. The largest absolute Gasteiger partial charge is 0.444 e. The van der Waals surface area contributed by atoms with E-state index < -0.39 is 17.7 Å². The molecule has 1 saturated heterocycles. The summed E-state index contributed by atoms with van der Waals surface area (Å²) in [4.78, 5) is 27.0. The van der Waals surface area contributed by atoms with Crippen LogP contribution in [0, 0.1) is 0 Å². The highest BCUT2D eigenvalue weighted by Crippen LogP contribution is 2.22. The van der Waals surface area contributed by atoms with Crippen molar-refractivity contribution in [2.45, 2.75) is 51.3 Å². The van der Waals surface area contributed by atoms with E-state index in [1.54, 1.807) is 4.90 Å². The van der Waals surface area contributed by atoms with Crippen molar-refractivity contribution in [3.05, 3.63) is 42.2 Å². The molecule has 0 bridgehead atoms. The molecule has 1 aliphatic heterocycles. The van der Waals surface area contributed by atoms with E-state index in [4.69, 9.17) is 4.74 Å². The third kappa shape index (κ3) is 5.05. The van der Waals surface area contributed by atoms with Gasteiger partial charge in [-0.3, -0.25) is 4.79 Å². The zero-order valence-electron chi connectivity index (χ0n) is 16.4. The van der Waals surface area contributed by atoms with Gasteiger partial charge in [-0.2, -0.15) is 0 Å². The molecule has 9 heteroatoms. The normalized spacial score (nSPS) is 16.5. The maximum absolute atomic E-state index is 13.2. The molecule has 0 unspecified atom stereocenters. The van der Waals surface area contributed by atoms with Crippen molar-refractivity contribution in [2.24, 2.45) is 0 Å². The molecule has 1 atom stereocenters. The molecule has 1 fully saturated rings.